The van der Waals surface area contributed by atoms with Crippen LogP contribution in [-0.4, -0.2) is 22.6 Å². The average Bonchev–Trinajstić information content (AvgIpc) is 2.99. The Labute approximate surface area is 187 Å². The zero-order valence-electron chi connectivity index (χ0n) is 16.8. The fourth-order valence-electron chi connectivity index (χ4n) is 3.39. The Balaban J connectivity index is 1.81. The van der Waals surface area contributed by atoms with E-state index in [2.05, 4.69) is 51.2 Å². The highest BCUT2D eigenvalue weighted by Gasteiger charge is 2.36. The van der Waals surface area contributed by atoms with E-state index in [9.17, 15) is 9.59 Å². The van der Waals surface area contributed by atoms with Gasteiger partial charge in [-0.15, -0.1) is 0 Å². The number of nitrogens with zero attached hydrogens (tertiary/aromatic N) is 1. The minimum atomic E-state index is -0.549. The predicted molar refractivity (Wildman–Crippen MR) is 121 cm³/mol. The Morgan fingerprint density at radius 3 is 2.43 bits per heavy atom. The number of rotatable bonds is 3. The molecule has 158 valence electrons. The third kappa shape index (κ3) is 4.88. The Kier molecular flexibility index (Phi) is 6.27. The highest BCUT2D eigenvalue weighted by molar-refractivity contribution is 9.10. The molecular weight excluding hydrogens is 470 g/mol. The quantitative estimate of drug-likeness (QED) is 0.386. The number of furan rings is 1. The summed E-state index contributed by atoms with van der Waals surface area (Å²) < 4.78 is 6.73. The number of nitrogens with two attached hydrogens (primary N) is 1. The van der Waals surface area contributed by atoms with E-state index >= 15 is 0 Å². The largest absolute Gasteiger partial charge is 0.455 e. The lowest BCUT2D eigenvalue weighted by atomic mass is 9.75. The number of fused-ring (bicyclic) bond motifs is 1. The van der Waals surface area contributed by atoms with E-state index in [4.69, 9.17) is 22.4 Å². The van der Waals surface area contributed by atoms with Gasteiger partial charge in [0.2, 0.25) is 0 Å². The van der Waals surface area contributed by atoms with Gasteiger partial charge in [0.1, 0.15) is 5.76 Å². The monoisotopic (exact) mass is 491 g/mol. The smallest absolute Gasteiger partial charge is 0.305 e. The van der Waals surface area contributed by atoms with Gasteiger partial charge in [-0.25, -0.2) is 0 Å². The molecule has 30 heavy (non-hydrogen) atoms. The van der Waals surface area contributed by atoms with Crippen LogP contribution in [0.3, 0.4) is 0 Å². The van der Waals surface area contributed by atoms with Crippen molar-refractivity contribution >= 4 is 50.8 Å². The van der Waals surface area contributed by atoms with Crippen LogP contribution >= 0.6 is 28.1 Å². The number of halogens is 1. The highest BCUT2D eigenvalue weighted by Crippen LogP contribution is 2.38. The molecule has 1 aliphatic rings. The first-order valence-corrected chi connectivity index (χ1v) is 10.4. The van der Waals surface area contributed by atoms with Gasteiger partial charge in [-0.1, -0.05) is 29.8 Å². The molecule has 0 spiro atoms. The highest BCUT2D eigenvalue weighted by atomic mass is 79.9. The lowest BCUT2D eigenvalue weighted by Crippen LogP contribution is -2.41. The normalized spacial score (nSPS) is 15.9. The summed E-state index contributed by atoms with van der Waals surface area (Å²) in [6.45, 7) is 5.95. The van der Waals surface area contributed by atoms with Crippen LogP contribution in [0.2, 0.25) is 0 Å². The summed E-state index contributed by atoms with van der Waals surface area (Å²) in [4.78, 5) is 24.9. The molecule has 1 aromatic heterocycles. The number of carbonyl (C=O) groups excluding carboxylic acids is 2. The Morgan fingerprint density at radius 2 is 1.80 bits per heavy atom. The second kappa shape index (κ2) is 8.57. The molecule has 0 bridgehead atoms. The predicted octanol–water partition coefficient (Wildman–Crippen LogP) is 2.94. The number of hydrogen-bond acceptors (Lipinski definition) is 5. The minimum Gasteiger partial charge on any atom is -0.455 e. The first-order chi connectivity index (χ1) is 14.1. The van der Waals surface area contributed by atoms with E-state index in [1.165, 1.54) is 0 Å². The van der Waals surface area contributed by atoms with Crippen LogP contribution in [0.25, 0.3) is 0 Å². The second-order valence-electron chi connectivity index (χ2n) is 7.82. The molecule has 0 fully saturated rings. The van der Waals surface area contributed by atoms with Gasteiger partial charge < -0.3 is 10.2 Å². The number of nitrogens with one attached hydrogen (secondary N) is 3. The molecule has 0 aliphatic heterocycles. The number of hydrogen-bond donors (Lipinski definition) is 4. The van der Waals surface area contributed by atoms with Crippen LogP contribution < -0.4 is 22.0 Å². The van der Waals surface area contributed by atoms with Gasteiger partial charge >= 0.3 is 5.91 Å². The fourth-order valence-corrected chi connectivity index (χ4v) is 3.70. The molecule has 1 heterocycles. The molecule has 1 aliphatic carbocycles. The summed E-state index contributed by atoms with van der Waals surface area (Å²) in [7, 11) is 0. The van der Waals surface area contributed by atoms with Crippen LogP contribution in [0, 0.1) is 12.3 Å². The lowest BCUT2D eigenvalue weighted by Gasteiger charge is -2.29. The summed E-state index contributed by atoms with van der Waals surface area (Å²) in [5.74, 6) is -0.200. The molecule has 3 rings (SSSR count). The molecule has 5 N–H and O–H groups in total. The molecule has 2 aromatic rings. The number of hydrazine groups is 1. The fraction of sp³-hybridized carbons (Fsp3) is 0.300. The van der Waals surface area contributed by atoms with Gasteiger partial charge in [-0.3, -0.25) is 25.9 Å². The van der Waals surface area contributed by atoms with Crippen molar-refractivity contribution in [2.75, 3.05) is 0 Å². The Morgan fingerprint density at radius 1 is 1.17 bits per heavy atom. The Bertz CT molecular complexity index is 1040. The summed E-state index contributed by atoms with van der Waals surface area (Å²) in [6.07, 6.45) is 1.31. The van der Waals surface area contributed by atoms with Gasteiger partial charge in [-0.2, -0.15) is 5.10 Å². The molecular formula is C20H22BrN5O3S. The van der Waals surface area contributed by atoms with Crippen molar-refractivity contribution in [3.05, 3.63) is 56.9 Å². The first kappa shape index (κ1) is 22.0. The minimum absolute atomic E-state index is 0.0576. The number of benzene rings is 1. The van der Waals surface area contributed by atoms with E-state index in [-0.39, 0.29) is 16.3 Å². The van der Waals surface area contributed by atoms with Gasteiger partial charge in [0, 0.05) is 27.6 Å². The third-order valence-electron chi connectivity index (χ3n) is 4.70. The van der Waals surface area contributed by atoms with Crippen LogP contribution in [-0.2, 0) is 6.42 Å². The third-order valence-corrected chi connectivity index (χ3v) is 5.32. The van der Waals surface area contributed by atoms with Crippen molar-refractivity contribution in [2.24, 2.45) is 16.3 Å². The first-order valence-electron chi connectivity index (χ1n) is 9.18. The molecule has 0 atom stereocenters. The second-order valence-corrected chi connectivity index (χ2v) is 9.18. The number of carbonyl (C=O) groups is 2. The number of hydrazone groups is 1. The van der Waals surface area contributed by atoms with Crippen molar-refractivity contribution in [1.82, 2.24) is 16.3 Å². The molecule has 2 amide bonds. The van der Waals surface area contributed by atoms with Crippen molar-refractivity contribution in [1.29, 1.82) is 0 Å². The zero-order chi connectivity index (χ0) is 22.1. The van der Waals surface area contributed by atoms with Crippen LogP contribution in [0.4, 0.5) is 0 Å². The molecule has 8 nitrogen and oxygen atoms in total. The maximum atomic E-state index is 12.7. The standard InChI is InChI=1S/C20H22BrN5O3S/c1-10-15-13(23-26-19(22)30)8-20(2,3)9-14(15)29-16(10)18(28)25-24-17(27)11-4-6-12(21)7-5-11/h4-7H,8-9H2,1-3H3,(H,24,27)(H,25,28)(H3,22,26,30)/b23-13-. The van der Waals surface area contributed by atoms with Crippen molar-refractivity contribution in [2.45, 2.75) is 33.6 Å². The number of thiocarbonyl (C=S) groups is 1. The molecule has 10 heteroatoms. The zero-order valence-corrected chi connectivity index (χ0v) is 19.2. The maximum Gasteiger partial charge on any atom is 0.305 e. The van der Waals surface area contributed by atoms with Crippen molar-refractivity contribution in [3.8, 4) is 0 Å². The molecule has 0 saturated heterocycles. The molecule has 0 radical (unpaired) electrons. The summed E-state index contributed by atoms with van der Waals surface area (Å²) in [5, 5.41) is 4.37. The van der Waals surface area contributed by atoms with Crippen LogP contribution in [0.15, 0.2) is 38.3 Å². The maximum absolute atomic E-state index is 12.7. The molecule has 0 saturated carbocycles. The van der Waals surface area contributed by atoms with Crippen molar-refractivity contribution < 1.29 is 14.0 Å². The number of amides is 2. The van der Waals surface area contributed by atoms with E-state index in [0.717, 1.165) is 10.0 Å². The Hall–Kier alpha value is -2.72. The summed E-state index contributed by atoms with van der Waals surface area (Å²) >= 11 is 8.15. The lowest BCUT2D eigenvalue weighted by molar-refractivity contribution is 0.0828. The van der Waals surface area contributed by atoms with E-state index in [1.54, 1.807) is 31.2 Å². The van der Waals surface area contributed by atoms with Gasteiger partial charge in [0.15, 0.2) is 10.9 Å². The van der Waals surface area contributed by atoms with E-state index in [0.29, 0.717) is 35.4 Å². The van der Waals surface area contributed by atoms with Crippen LogP contribution in [0.5, 0.6) is 0 Å². The van der Waals surface area contributed by atoms with E-state index < -0.39 is 11.8 Å². The average molecular weight is 492 g/mol. The van der Waals surface area contributed by atoms with Crippen LogP contribution in [0.1, 0.15) is 58.1 Å². The van der Waals surface area contributed by atoms with Gasteiger partial charge in [-0.05, 0) is 55.2 Å². The summed E-state index contributed by atoms with van der Waals surface area (Å²) in [5.41, 5.74) is 15.3. The molecule has 0 unspecified atom stereocenters. The summed E-state index contributed by atoms with van der Waals surface area (Å²) in [6, 6.07) is 6.76. The van der Waals surface area contributed by atoms with Gasteiger partial charge in [0.05, 0.1) is 5.71 Å². The van der Waals surface area contributed by atoms with Crippen molar-refractivity contribution in [3.63, 3.8) is 0 Å². The molecule has 1 aromatic carbocycles. The SMILES string of the molecule is Cc1c(C(=O)NNC(=O)c2ccc(Br)cc2)oc2c1/C(=N\NC(N)=S)CC(C)(C)C2. The van der Waals surface area contributed by atoms with Gasteiger partial charge in [0.25, 0.3) is 5.91 Å². The van der Waals surface area contributed by atoms with E-state index in [1.807, 2.05) is 0 Å². The topological polar surface area (TPSA) is 122 Å².